The Balaban J connectivity index is 2.34. The molecule has 0 aromatic heterocycles. The number of hydrogen-bond donors (Lipinski definition) is 1. The minimum absolute atomic E-state index is 0.380. The second-order valence-electron chi connectivity index (χ2n) is 6.05. The topological polar surface area (TPSA) is 21.3 Å². The van der Waals surface area contributed by atoms with Crippen molar-refractivity contribution in [3.05, 3.63) is 29.8 Å². The van der Waals surface area contributed by atoms with Crippen LogP contribution in [0.25, 0.3) is 0 Å². The summed E-state index contributed by atoms with van der Waals surface area (Å²) in [5.74, 6) is 1.75. The lowest BCUT2D eigenvalue weighted by Crippen LogP contribution is -2.40. The highest BCUT2D eigenvalue weighted by atomic mass is 16.5. The average molecular weight is 277 g/mol. The van der Waals surface area contributed by atoms with Gasteiger partial charge in [-0.05, 0) is 44.7 Å². The lowest BCUT2D eigenvalue weighted by molar-refractivity contribution is 0.249. The van der Waals surface area contributed by atoms with Crippen LogP contribution >= 0.6 is 0 Å². The van der Waals surface area contributed by atoms with Crippen molar-refractivity contribution in [1.82, 2.24) is 5.32 Å². The van der Waals surface area contributed by atoms with E-state index in [4.69, 9.17) is 4.74 Å². The van der Waals surface area contributed by atoms with E-state index < -0.39 is 0 Å². The van der Waals surface area contributed by atoms with Crippen LogP contribution in [0.3, 0.4) is 0 Å². The van der Waals surface area contributed by atoms with Gasteiger partial charge in [-0.3, -0.25) is 0 Å². The molecule has 3 atom stereocenters. The van der Waals surface area contributed by atoms with E-state index in [1.807, 2.05) is 12.1 Å². The summed E-state index contributed by atoms with van der Waals surface area (Å²) in [6.45, 7) is 11.9. The van der Waals surface area contributed by atoms with Gasteiger partial charge in [-0.25, -0.2) is 0 Å². The Morgan fingerprint density at radius 3 is 2.25 bits per heavy atom. The average Bonchev–Trinajstić information content (AvgIpc) is 2.45. The molecule has 0 heterocycles. The Morgan fingerprint density at radius 2 is 1.70 bits per heavy atom. The fourth-order valence-corrected chi connectivity index (χ4v) is 2.31. The summed E-state index contributed by atoms with van der Waals surface area (Å²) in [6.07, 6.45) is 3.69. The van der Waals surface area contributed by atoms with Gasteiger partial charge in [0.25, 0.3) is 0 Å². The van der Waals surface area contributed by atoms with Gasteiger partial charge in [-0.2, -0.15) is 0 Å². The maximum absolute atomic E-state index is 5.84. The molecule has 0 amide bonds. The fourth-order valence-electron chi connectivity index (χ4n) is 2.31. The zero-order chi connectivity index (χ0) is 15.0. The van der Waals surface area contributed by atoms with Crippen LogP contribution in [-0.2, 0) is 0 Å². The molecule has 0 spiro atoms. The Morgan fingerprint density at radius 1 is 1.05 bits per heavy atom. The second-order valence-corrected chi connectivity index (χ2v) is 6.05. The van der Waals surface area contributed by atoms with E-state index >= 15 is 0 Å². The molecule has 0 bridgehead atoms. The van der Waals surface area contributed by atoms with Crippen LogP contribution in [0.2, 0.25) is 0 Å². The highest BCUT2D eigenvalue weighted by Gasteiger charge is 2.13. The molecule has 1 rings (SSSR count). The van der Waals surface area contributed by atoms with Gasteiger partial charge in [0.2, 0.25) is 0 Å². The second kappa shape index (κ2) is 9.02. The van der Waals surface area contributed by atoms with E-state index in [2.05, 4.69) is 52.1 Å². The summed E-state index contributed by atoms with van der Waals surface area (Å²) >= 11 is 0. The molecule has 1 aromatic rings. The van der Waals surface area contributed by atoms with Crippen LogP contribution in [0.1, 0.15) is 52.5 Å². The predicted octanol–water partition coefficient (Wildman–Crippen LogP) is 4.57. The lowest BCUT2D eigenvalue weighted by atomic mass is 9.97. The van der Waals surface area contributed by atoms with Crippen molar-refractivity contribution in [2.75, 3.05) is 6.61 Å². The Kier molecular flexibility index (Phi) is 7.68. The van der Waals surface area contributed by atoms with Crippen LogP contribution < -0.4 is 10.1 Å². The van der Waals surface area contributed by atoms with Crippen molar-refractivity contribution in [3.8, 4) is 5.75 Å². The fraction of sp³-hybridized carbons (Fsp3) is 0.667. The van der Waals surface area contributed by atoms with Gasteiger partial charge in [-0.15, -0.1) is 0 Å². The molecule has 2 heteroatoms. The van der Waals surface area contributed by atoms with E-state index in [0.717, 1.165) is 18.3 Å². The van der Waals surface area contributed by atoms with Crippen LogP contribution in [0.4, 0.5) is 0 Å². The first kappa shape index (κ1) is 17.0. The third-order valence-corrected chi connectivity index (χ3v) is 3.92. The van der Waals surface area contributed by atoms with Crippen molar-refractivity contribution in [1.29, 1.82) is 0 Å². The van der Waals surface area contributed by atoms with Crippen molar-refractivity contribution in [3.63, 3.8) is 0 Å². The van der Waals surface area contributed by atoms with Gasteiger partial charge in [0.05, 0.1) is 0 Å². The highest BCUT2D eigenvalue weighted by Crippen LogP contribution is 2.14. The van der Waals surface area contributed by atoms with Gasteiger partial charge in [-0.1, -0.05) is 44.9 Å². The van der Waals surface area contributed by atoms with E-state index in [-0.39, 0.29) is 0 Å². The maximum atomic E-state index is 5.84. The summed E-state index contributed by atoms with van der Waals surface area (Å²) in [6, 6.07) is 9.24. The molecule has 1 aromatic carbocycles. The summed E-state index contributed by atoms with van der Waals surface area (Å²) in [5, 5.41) is 3.69. The smallest absolute Gasteiger partial charge is 0.119 e. The predicted molar refractivity (Wildman–Crippen MR) is 87.4 cm³/mol. The van der Waals surface area contributed by atoms with E-state index in [0.29, 0.717) is 12.1 Å². The SMILES string of the molecule is CCC(C)CC(CC)NC(C)COc1ccc(C)cc1. The Labute approximate surface area is 124 Å². The number of aryl methyl sites for hydroxylation is 1. The lowest BCUT2D eigenvalue weighted by Gasteiger charge is -2.24. The zero-order valence-electron chi connectivity index (χ0n) is 13.8. The largest absolute Gasteiger partial charge is 0.492 e. The number of ether oxygens (including phenoxy) is 1. The first-order valence-electron chi connectivity index (χ1n) is 8.00. The molecule has 20 heavy (non-hydrogen) atoms. The molecule has 0 aliphatic rings. The van der Waals surface area contributed by atoms with E-state index in [1.165, 1.54) is 24.8 Å². The number of benzene rings is 1. The molecule has 0 saturated carbocycles. The molecule has 0 aliphatic heterocycles. The quantitative estimate of drug-likeness (QED) is 0.714. The van der Waals surface area contributed by atoms with E-state index in [9.17, 15) is 0 Å². The molecular formula is C18H31NO. The van der Waals surface area contributed by atoms with Crippen molar-refractivity contribution in [2.45, 2.75) is 66.0 Å². The molecule has 1 N–H and O–H groups in total. The minimum atomic E-state index is 0.380. The molecule has 0 saturated heterocycles. The summed E-state index contributed by atoms with van der Waals surface area (Å²) in [4.78, 5) is 0. The molecular weight excluding hydrogens is 246 g/mol. The first-order chi connectivity index (χ1) is 9.55. The third kappa shape index (κ3) is 6.42. The van der Waals surface area contributed by atoms with Crippen LogP contribution in [0.5, 0.6) is 5.75 Å². The summed E-state index contributed by atoms with van der Waals surface area (Å²) in [7, 11) is 0. The standard InChI is InChI=1S/C18H31NO/c1-6-14(3)12-17(7-2)19-16(5)13-20-18-10-8-15(4)9-11-18/h8-11,14,16-17,19H,6-7,12-13H2,1-5H3. The van der Waals surface area contributed by atoms with Gasteiger partial charge >= 0.3 is 0 Å². The van der Waals surface area contributed by atoms with E-state index in [1.54, 1.807) is 0 Å². The van der Waals surface area contributed by atoms with Gasteiger partial charge in [0, 0.05) is 12.1 Å². The molecule has 2 nitrogen and oxygen atoms in total. The van der Waals surface area contributed by atoms with Gasteiger partial charge in [0.15, 0.2) is 0 Å². The molecule has 0 fully saturated rings. The number of nitrogens with one attached hydrogen (secondary N) is 1. The van der Waals surface area contributed by atoms with Crippen molar-refractivity contribution < 1.29 is 4.74 Å². The van der Waals surface area contributed by atoms with Crippen molar-refractivity contribution in [2.24, 2.45) is 5.92 Å². The maximum Gasteiger partial charge on any atom is 0.119 e. The highest BCUT2D eigenvalue weighted by molar-refractivity contribution is 5.26. The van der Waals surface area contributed by atoms with Gasteiger partial charge < -0.3 is 10.1 Å². The number of rotatable bonds is 9. The normalized spacial score (nSPS) is 15.7. The molecule has 0 radical (unpaired) electrons. The molecule has 3 unspecified atom stereocenters. The monoisotopic (exact) mass is 277 g/mol. The zero-order valence-corrected chi connectivity index (χ0v) is 13.8. The Hall–Kier alpha value is -1.02. The van der Waals surface area contributed by atoms with Gasteiger partial charge in [0.1, 0.15) is 12.4 Å². The summed E-state index contributed by atoms with van der Waals surface area (Å²) < 4.78 is 5.84. The summed E-state index contributed by atoms with van der Waals surface area (Å²) in [5.41, 5.74) is 1.27. The van der Waals surface area contributed by atoms with Crippen LogP contribution in [0.15, 0.2) is 24.3 Å². The van der Waals surface area contributed by atoms with Crippen LogP contribution in [-0.4, -0.2) is 18.7 Å². The van der Waals surface area contributed by atoms with Crippen LogP contribution in [0, 0.1) is 12.8 Å². The minimum Gasteiger partial charge on any atom is -0.492 e. The Bertz CT molecular complexity index is 360. The molecule has 114 valence electrons. The van der Waals surface area contributed by atoms with Crippen molar-refractivity contribution >= 4 is 0 Å². The first-order valence-corrected chi connectivity index (χ1v) is 8.00. The number of hydrogen-bond acceptors (Lipinski definition) is 2. The third-order valence-electron chi connectivity index (χ3n) is 3.92. The molecule has 0 aliphatic carbocycles.